The lowest BCUT2D eigenvalue weighted by atomic mass is 9.94. The van der Waals surface area contributed by atoms with E-state index in [0.717, 1.165) is 0 Å². The Hall–Kier alpha value is -2.82. The van der Waals surface area contributed by atoms with Gasteiger partial charge in [-0.05, 0) is 11.5 Å². The Kier molecular flexibility index (Phi) is 5.44. The lowest BCUT2D eigenvalue weighted by Gasteiger charge is -2.35. The normalized spacial score (nSPS) is 11.1. The van der Waals surface area contributed by atoms with Crippen molar-refractivity contribution in [2.24, 2.45) is 0 Å². The standard InChI is InChI=1S/C24H35N5/c1-25(2)20-17-14-12-11-13-16(17)15-18-19(20)22(27(5)6)24(29(9)10)23(28(7)8)21(18)26(3)4/h11-15H,1-10H3. The molecule has 3 aromatic rings. The summed E-state index contributed by atoms with van der Waals surface area (Å²) in [6, 6.07) is 11.0. The molecule has 0 aliphatic heterocycles. The molecule has 29 heavy (non-hydrogen) atoms. The van der Waals surface area contributed by atoms with Crippen LogP contribution in [0.3, 0.4) is 0 Å². The summed E-state index contributed by atoms with van der Waals surface area (Å²) in [6.07, 6.45) is 0. The van der Waals surface area contributed by atoms with Gasteiger partial charge in [0, 0.05) is 86.6 Å². The molecule has 3 rings (SSSR count). The molecular weight excluding hydrogens is 358 g/mol. The van der Waals surface area contributed by atoms with E-state index in [-0.39, 0.29) is 0 Å². The van der Waals surface area contributed by atoms with Gasteiger partial charge >= 0.3 is 0 Å². The Bertz CT molecular complexity index is 1050. The lowest BCUT2D eigenvalue weighted by molar-refractivity contribution is 1.03. The van der Waals surface area contributed by atoms with Gasteiger partial charge in [-0.1, -0.05) is 24.3 Å². The van der Waals surface area contributed by atoms with Gasteiger partial charge in [0.15, 0.2) is 0 Å². The highest BCUT2D eigenvalue weighted by atomic mass is 15.2. The Morgan fingerprint density at radius 3 is 1.38 bits per heavy atom. The van der Waals surface area contributed by atoms with E-state index in [1.165, 1.54) is 50.0 Å². The number of anilines is 5. The Balaban J connectivity index is 2.78. The van der Waals surface area contributed by atoms with Gasteiger partial charge < -0.3 is 24.5 Å². The number of fused-ring (bicyclic) bond motifs is 2. The van der Waals surface area contributed by atoms with Crippen LogP contribution in [0.5, 0.6) is 0 Å². The average molecular weight is 394 g/mol. The molecule has 156 valence electrons. The first-order chi connectivity index (χ1) is 13.6. The summed E-state index contributed by atoms with van der Waals surface area (Å²) in [7, 11) is 21.4. The molecule has 0 atom stereocenters. The van der Waals surface area contributed by atoms with Gasteiger partial charge in [-0.3, -0.25) is 0 Å². The van der Waals surface area contributed by atoms with Gasteiger partial charge in [-0.15, -0.1) is 0 Å². The van der Waals surface area contributed by atoms with Crippen LogP contribution in [0, 0.1) is 0 Å². The Morgan fingerprint density at radius 1 is 0.448 bits per heavy atom. The molecular formula is C24H35N5. The van der Waals surface area contributed by atoms with Crippen molar-refractivity contribution in [3.8, 4) is 0 Å². The fourth-order valence-corrected chi connectivity index (χ4v) is 4.43. The second-order valence-electron chi connectivity index (χ2n) is 8.74. The molecule has 0 spiro atoms. The minimum absolute atomic E-state index is 1.23. The van der Waals surface area contributed by atoms with E-state index in [4.69, 9.17) is 0 Å². The molecule has 5 heteroatoms. The molecule has 0 saturated heterocycles. The third kappa shape index (κ3) is 3.28. The van der Waals surface area contributed by atoms with Crippen molar-refractivity contribution in [3.05, 3.63) is 30.3 Å². The second-order valence-corrected chi connectivity index (χ2v) is 8.74. The van der Waals surface area contributed by atoms with Crippen LogP contribution in [-0.2, 0) is 0 Å². The summed E-state index contributed by atoms with van der Waals surface area (Å²) in [6.45, 7) is 0. The first-order valence-electron chi connectivity index (χ1n) is 9.99. The zero-order chi connectivity index (χ0) is 21.6. The van der Waals surface area contributed by atoms with Gasteiger partial charge in [0.25, 0.3) is 0 Å². The highest BCUT2D eigenvalue weighted by Gasteiger charge is 2.27. The lowest BCUT2D eigenvalue weighted by Crippen LogP contribution is -2.25. The molecule has 0 bridgehead atoms. The maximum absolute atomic E-state index is 2.35. The summed E-state index contributed by atoms with van der Waals surface area (Å²) >= 11 is 0. The molecule has 0 aliphatic rings. The van der Waals surface area contributed by atoms with Gasteiger partial charge in [0.1, 0.15) is 0 Å². The van der Waals surface area contributed by atoms with E-state index in [1.807, 2.05) is 0 Å². The molecule has 0 fully saturated rings. The Labute approximate surface area is 175 Å². The van der Waals surface area contributed by atoms with Crippen molar-refractivity contribution in [2.45, 2.75) is 0 Å². The summed E-state index contributed by atoms with van der Waals surface area (Å²) in [5, 5.41) is 5.10. The van der Waals surface area contributed by atoms with Crippen LogP contribution in [0.15, 0.2) is 30.3 Å². The maximum atomic E-state index is 2.35. The van der Waals surface area contributed by atoms with Gasteiger partial charge in [-0.25, -0.2) is 0 Å². The number of nitrogens with zero attached hydrogens (tertiary/aromatic N) is 5. The number of hydrogen-bond acceptors (Lipinski definition) is 5. The van der Waals surface area contributed by atoms with Crippen molar-refractivity contribution in [1.29, 1.82) is 0 Å². The number of benzene rings is 3. The molecule has 5 nitrogen and oxygen atoms in total. The zero-order valence-corrected chi connectivity index (χ0v) is 19.6. The zero-order valence-electron chi connectivity index (χ0n) is 19.6. The predicted molar refractivity (Wildman–Crippen MR) is 133 cm³/mol. The molecule has 0 heterocycles. The summed E-state index contributed by atoms with van der Waals surface area (Å²) in [5.74, 6) is 0. The van der Waals surface area contributed by atoms with Crippen LogP contribution < -0.4 is 24.5 Å². The monoisotopic (exact) mass is 393 g/mol. The van der Waals surface area contributed by atoms with Crippen LogP contribution in [0.1, 0.15) is 0 Å². The van der Waals surface area contributed by atoms with Crippen molar-refractivity contribution < 1.29 is 0 Å². The van der Waals surface area contributed by atoms with Crippen molar-refractivity contribution >= 4 is 50.0 Å². The Morgan fingerprint density at radius 2 is 0.897 bits per heavy atom. The van der Waals surface area contributed by atoms with Crippen molar-refractivity contribution in [2.75, 3.05) is 95.0 Å². The fourth-order valence-electron chi connectivity index (χ4n) is 4.43. The quantitative estimate of drug-likeness (QED) is 0.598. The van der Waals surface area contributed by atoms with Crippen molar-refractivity contribution in [1.82, 2.24) is 0 Å². The fraction of sp³-hybridized carbons (Fsp3) is 0.417. The first-order valence-corrected chi connectivity index (χ1v) is 9.99. The van der Waals surface area contributed by atoms with E-state index >= 15 is 0 Å². The van der Waals surface area contributed by atoms with Crippen LogP contribution >= 0.6 is 0 Å². The predicted octanol–water partition coefficient (Wildman–Crippen LogP) is 4.32. The average Bonchev–Trinajstić information content (AvgIpc) is 2.62. The van der Waals surface area contributed by atoms with E-state index in [2.05, 4.69) is 125 Å². The molecule has 0 aliphatic carbocycles. The molecule has 0 amide bonds. The largest absolute Gasteiger partial charge is 0.377 e. The molecule has 0 N–H and O–H groups in total. The highest BCUT2D eigenvalue weighted by Crippen LogP contribution is 2.53. The van der Waals surface area contributed by atoms with Crippen LogP contribution in [-0.4, -0.2) is 70.5 Å². The van der Waals surface area contributed by atoms with Crippen LogP contribution in [0.25, 0.3) is 21.5 Å². The number of rotatable bonds is 5. The van der Waals surface area contributed by atoms with Gasteiger partial charge in [0.2, 0.25) is 0 Å². The first kappa shape index (κ1) is 20.9. The van der Waals surface area contributed by atoms with Crippen molar-refractivity contribution in [3.63, 3.8) is 0 Å². The van der Waals surface area contributed by atoms with E-state index in [1.54, 1.807) is 0 Å². The summed E-state index contributed by atoms with van der Waals surface area (Å²) in [4.78, 5) is 11.2. The van der Waals surface area contributed by atoms with E-state index in [0.29, 0.717) is 0 Å². The summed E-state index contributed by atoms with van der Waals surface area (Å²) < 4.78 is 0. The maximum Gasteiger partial charge on any atom is 0.0865 e. The highest BCUT2D eigenvalue weighted by molar-refractivity contribution is 6.25. The minimum atomic E-state index is 1.23. The second kappa shape index (κ2) is 7.54. The molecule has 0 saturated carbocycles. The topological polar surface area (TPSA) is 16.2 Å². The third-order valence-corrected chi connectivity index (χ3v) is 5.42. The van der Waals surface area contributed by atoms with Crippen LogP contribution in [0.4, 0.5) is 28.4 Å². The molecule has 0 aromatic heterocycles. The smallest absolute Gasteiger partial charge is 0.0865 e. The number of hydrogen-bond donors (Lipinski definition) is 0. The van der Waals surface area contributed by atoms with Crippen LogP contribution in [0.2, 0.25) is 0 Å². The van der Waals surface area contributed by atoms with E-state index < -0.39 is 0 Å². The minimum Gasteiger partial charge on any atom is -0.377 e. The van der Waals surface area contributed by atoms with E-state index in [9.17, 15) is 0 Å². The molecule has 0 radical (unpaired) electrons. The SMILES string of the molecule is CN(C)c1c(N(C)C)c(N(C)C)c2c(N(C)C)c3ccccc3cc2c1N(C)C. The molecule has 3 aromatic carbocycles. The molecule has 0 unspecified atom stereocenters. The summed E-state index contributed by atoms with van der Waals surface area (Å²) in [5.41, 5.74) is 6.21. The third-order valence-electron chi connectivity index (χ3n) is 5.42. The van der Waals surface area contributed by atoms with Gasteiger partial charge in [-0.2, -0.15) is 0 Å². The van der Waals surface area contributed by atoms with Gasteiger partial charge in [0.05, 0.1) is 28.4 Å².